The van der Waals surface area contributed by atoms with Crippen LogP contribution in [-0.4, -0.2) is 16.1 Å². The Bertz CT molecular complexity index is 595. The van der Waals surface area contributed by atoms with Crippen LogP contribution < -0.4 is 5.32 Å². The van der Waals surface area contributed by atoms with Crippen LogP contribution in [0.3, 0.4) is 0 Å². The second kappa shape index (κ2) is 7.52. The zero-order valence-corrected chi connectivity index (χ0v) is 13.7. The van der Waals surface area contributed by atoms with E-state index in [1.807, 2.05) is 24.3 Å². The monoisotopic (exact) mass is 323 g/mol. The Labute approximate surface area is 133 Å². The molecule has 0 radical (unpaired) electrons. The minimum absolute atomic E-state index is 0.0181. The lowest BCUT2D eigenvalue weighted by atomic mass is 10.1. The van der Waals surface area contributed by atoms with Gasteiger partial charge in [0, 0.05) is 17.4 Å². The standard InChI is InChI=1S/C15H18ClN3OS/c1-10(2)14-18-19-15(21-14)17-13(20)5-3-4-11-6-8-12(16)9-7-11/h6-10H,3-5H2,1-2H3,(H,17,19,20). The quantitative estimate of drug-likeness (QED) is 0.863. The fourth-order valence-electron chi connectivity index (χ4n) is 1.80. The lowest BCUT2D eigenvalue weighted by Crippen LogP contribution is -2.11. The number of carbonyl (C=O) groups is 1. The highest BCUT2D eigenvalue weighted by atomic mass is 35.5. The molecule has 0 saturated carbocycles. The molecule has 2 rings (SSSR count). The van der Waals surface area contributed by atoms with Gasteiger partial charge in [-0.2, -0.15) is 0 Å². The van der Waals surface area contributed by atoms with Gasteiger partial charge in [-0.3, -0.25) is 4.79 Å². The number of nitrogens with zero attached hydrogens (tertiary/aromatic N) is 2. The summed E-state index contributed by atoms with van der Waals surface area (Å²) in [6, 6.07) is 7.71. The SMILES string of the molecule is CC(C)c1nnc(NC(=O)CCCc2ccc(Cl)cc2)s1. The van der Waals surface area contributed by atoms with Crippen LogP contribution in [0.4, 0.5) is 5.13 Å². The minimum Gasteiger partial charge on any atom is -0.301 e. The van der Waals surface area contributed by atoms with Crippen molar-refractivity contribution in [1.29, 1.82) is 0 Å². The summed E-state index contributed by atoms with van der Waals surface area (Å²) in [4.78, 5) is 11.8. The number of amides is 1. The number of anilines is 1. The molecule has 1 N–H and O–H groups in total. The van der Waals surface area contributed by atoms with Crippen molar-refractivity contribution in [2.24, 2.45) is 0 Å². The van der Waals surface area contributed by atoms with Gasteiger partial charge in [-0.25, -0.2) is 0 Å². The van der Waals surface area contributed by atoms with Crippen molar-refractivity contribution in [2.75, 3.05) is 5.32 Å². The van der Waals surface area contributed by atoms with Crippen molar-refractivity contribution in [1.82, 2.24) is 10.2 Å². The third kappa shape index (κ3) is 5.10. The van der Waals surface area contributed by atoms with Crippen LogP contribution in [0.25, 0.3) is 0 Å². The molecule has 112 valence electrons. The Hall–Kier alpha value is -1.46. The van der Waals surface area contributed by atoms with Gasteiger partial charge >= 0.3 is 0 Å². The predicted octanol–water partition coefficient (Wildman–Crippen LogP) is 4.28. The Morgan fingerprint density at radius 2 is 2.00 bits per heavy atom. The largest absolute Gasteiger partial charge is 0.301 e. The summed E-state index contributed by atoms with van der Waals surface area (Å²) in [5, 5.41) is 13.1. The number of halogens is 1. The summed E-state index contributed by atoms with van der Waals surface area (Å²) in [6.07, 6.45) is 2.13. The highest BCUT2D eigenvalue weighted by Crippen LogP contribution is 2.22. The molecule has 1 aromatic carbocycles. The molecule has 0 aliphatic rings. The summed E-state index contributed by atoms with van der Waals surface area (Å²) in [7, 11) is 0. The van der Waals surface area contributed by atoms with Crippen molar-refractivity contribution in [3.8, 4) is 0 Å². The smallest absolute Gasteiger partial charge is 0.226 e. The van der Waals surface area contributed by atoms with Gasteiger partial charge in [-0.05, 0) is 30.5 Å². The van der Waals surface area contributed by atoms with Crippen molar-refractivity contribution in [3.63, 3.8) is 0 Å². The summed E-state index contributed by atoms with van der Waals surface area (Å²) in [5.74, 6) is 0.313. The predicted molar refractivity (Wildman–Crippen MR) is 87.0 cm³/mol. The Morgan fingerprint density at radius 3 is 2.62 bits per heavy atom. The van der Waals surface area contributed by atoms with Gasteiger partial charge in [-0.15, -0.1) is 10.2 Å². The third-order valence-corrected chi connectivity index (χ3v) is 4.35. The molecule has 0 bridgehead atoms. The van der Waals surface area contributed by atoms with Crippen LogP contribution in [0, 0.1) is 0 Å². The molecule has 6 heteroatoms. The lowest BCUT2D eigenvalue weighted by Gasteiger charge is -2.02. The molecule has 1 heterocycles. The molecule has 4 nitrogen and oxygen atoms in total. The maximum Gasteiger partial charge on any atom is 0.226 e. The second-order valence-electron chi connectivity index (χ2n) is 5.13. The fraction of sp³-hybridized carbons (Fsp3) is 0.400. The van der Waals surface area contributed by atoms with Gasteiger partial charge in [0.25, 0.3) is 0 Å². The van der Waals surface area contributed by atoms with E-state index in [1.54, 1.807) is 0 Å². The maximum atomic E-state index is 11.8. The van der Waals surface area contributed by atoms with Gasteiger partial charge < -0.3 is 5.32 Å². The topological polar surface area (TPSA) is 54.9 Å². The van der Waals surface area contributed by atoms with Crippen molar-refractivity contribution in [3.05, 3.63) is 39.9 Å². The van der Waals surface area contributed by atoms with E-state index in [4.69, 9.17) is 11.6 Å². The van der Waals surface area contributed by atoms with E-state index in [0.29, 0.717) is 17.5 Å². The van der Waals surface area contributed by atoms with Crippen LogP contribution in [0.2, 0.25) is 5.02 Å². The molecule has 21 heavy (non-hydrogen) atoms. The molecule has 0 fully saturated rings. The Kier molecular flexibility index (Phi) is 5.70. The zero-order valence-electron chi connectivity index (χ0n) is 12.1. The summed E-state index contributed by atoms with van der Waals surface area (Å²) in [5.41, 5.74) is 1.19. The minimum atomic E-state index is -0.0181. The molecule has 1 aromatic heterocycles. The average Bonchev–Trinajstić information content (AvgIpc) is 2.90. The van der Waals surface area contributed by atoms with Crippen LogP contribution in [0.15, 0.2) is 24.3 Å². The molecule has 0 aliphatic carbocycles. The van der Waals surface area contributed by atoms with Crippen LogP contribution in [-0.2, 0) is 11.2 Å². The van der Waals surface area contributed by atoms with Crippen molar-refractivity contribution < 1.29 is 4.79 Å². The average molecular weight is 324 g/mol. The number of carbonyl (C=O) groups excluding carboxylic acids is 1. The van der Waals surface area contributed by atoms with Gasteiger partial charge in [0.05, 0.1) is 0 Å². The molecule has 2 aromatic rings. The molecule has 0 saturated heterocycles. The van der Waals surface area contributed by atoms with E-state index in [9.17, 15) is 4.79 Å². The number of benzene rings is 1. The number of hydrogen-bond acceptors (Lipinski definition) is 4. The van der Waals surface area contributed by atoms with Gasteiger partial charge in [-0.1, -0.05) is 48.9 Å². The number of nitrogens with one attached hydrogen (secondary N) is 1. The summed E-state index contributed by atoms with van der Waals surface area (Å²) < 4.78 is 0. The molecule has 1 amide bonds. The van der Waals surface area contributed by atoms with E-state index in [1.165, 1.54) is 16.9 Å². The number of rotatable bonds is 6. The Balaban J connectivity index is 1.75. The van der Waals surface area contributed by atoms with Gasteiger partial charge in [0.15, 0.2) is 0 Å². The van der Waals surface area contributed by atoms with Crippen LogP contribution >= 0.6 is 22.9 Å². The van der Waals surface area contributed by atoms with Gasteiger partial charge in [0.2, 0.25) is 11.0 Å². The first-order valence-electron chi connectivity index (χ1n) is 6.92. The summed E-state index contributed by atoms with van der Waals surface area (Å²) >= 11 is 7.27. The molecule has 0 aliphatic heterocycles. The first kappa shape index (κ1) is 15.9. The van der Waals surface area contributed by atoms with Crippen molar-refractivity contribution in [2.45, 2.75) is 39.0 Å². The second-order valence-corrected chi connectivity index (χ2v) is 6.57. The van der Waals surface area contributed by atoms with Crippen molar-refractivity contribution >= 4 is 34.0 Å². The molecule has 0 atom stereocenters. The van der Waals surface area contributed by atoms with Crippen LogP contribution in [0.5, 0.6) is 0 Å². The Morgan fingerprint density at radius 1 is 1.29 bits per heavy atom. The van der Waals surface area contributed by atoms with E-state index in [2.05, 4.69) is 29.4 Å². The van der Waals surface area contributed by atoms with E-state index >= 15 is 0 Å². The zero-order chi connectivity index (χ0) is 15.2. The maximum absolute atomic E-state index is 11.8. The molecule has 0 unspecified atom stereocenters. The third-order valence-electron chi connectivity index (χ3n) is 2.96. The molecular weight excluding hydrogens is 306 g/mol. The number of aryl methyl sites for hydroxylation is 1. The first-order chi connectivity index (χ1) is 10.0. The van der Waals surface area contributed by atoms with E-state index in [-0.39, 0.29) is 5.91 Å². The first-order valence-corrected chi connectivity index (χ1v) is 8.11. The fourth-order valence-corrected chi connectivity index (χ4v) is 2.69. The highest BCUT2D eigenvalue weighted by molar-refractivity contribution is 7.15. The van der Waals surface area contributed by atoms with E-state index in [0.717, 1.165) is 22.9 Å². The lowest BCUT2D eigenvalue weighted by molar-refractivity contribution is -0.116. The highest BCUT2D eigenvalue weighted by Gasteiger charge is 2.10. The molecule has 0 spiro atoms. The van der Waals surface area contributed by atoms with E-state index < -0.39 is 0 Å². The van der Waals surface area contributed by atoms with Crippen LogP contribution in [0.1, 0.15) is 43.2 Å². The normalized spacial score (nSPS) is 10.9. The van der Waals surface area contributed by atoms with Gasteiger partial charge in [0.1, 0.15) is 5.01 Å². The number of hydrogen-bond donors (Lipinski definition) is 1. The summed E-state index contributed by atoms with van der Waals surface area (Å²) in [6.45, 7) is 4.11. The number of aromatic nitrogens is 2. The molecular formula is C15H18ClN3OS.